The summed E-state index contributed by atoms with van der Waals surface area (Å²) in [6.07, 6.45) is 2.74. The topological polar surface area (TPSA) is 42.7 Å². The lowest BCUT2D eigenvalue weighted by Crippen LogP contribution is -2.18. The van der Waals surface area contributed by atoms with Gasteiger partial charge in [-0.05, 0) is 44.0 Å². The fourth-order valence-corrected chi connectivity index (χ4v) is 1.91. The quantitative estimate of drug-likeness (QED) is 0.821. The predicted molar refractivity (Wildman–Crippen MR) is 72.8 cm³/mol. The van der Waals surface area contributed by atoms with E-state index in [9.17, 15) is 0 Å². The van der Waals surface area contributed by atoms with Crippen LogP contribution in [0.25, 0.3) is 5.69 Å². The van der Waals surface area contributed by atoms with E-state index in [0.717, 1.165) is 31.0 Å². The van der Waals surface area contributed by atoms with Gasteiger partial charge in [0.15, 0.2) is 0 Å². The van der Waals surface area contributed by atoms with Crippen molar-refractivity contribution in [3.8, 4) is 5.69 Å². The van der Waals surface area contributed by atoms with Gasteiger partial charge >= 0.3 is 0 Å². The molecular formula is C14H20N4. The molecule has 96 valence electrons. The van der Waals surface area contributed by atoms with Gasteiger partial charge in [0, 0.05) is 0 Å². The Balaban J connectivity index is 2.27. The third-order valence-electron chi connectivity index (χ3n) is 2.92. The molecule has 2 aromatic rings. The van der Waals surface area contributed by atoms with Crippen LogP contribution in [0.5, 0.6) is 0 Å². The van der Waals surface area contributed by atoms with Gasteiger partial charge in [-0.15, -0.1) is 0 Å². The summed E-state index contributed by atoms with van der Waals surface area (Å²) >= 11 is 0. The first-order valence-corrected chi connectivity index (χ1v) is 6.39. The Labute approximate surface area is 108 Å². The molecule has 0 radical (unpaired) electrons. The van der Waals surface area contributed by atoms with Crippen LogP contribution >= 0.6 is 0 Å². The van der Waals surface area contributed by atoms with Crippen LogP contribution in [0, 0.1) is 13.8 Å². The molecule has 0 spiro atoms. The molecule has 0 saturated carbocycles. The average Bonchev–Trinajstić information content (AvgIpc) is 2.81. The van der Waals surface area contributed by atoms with Crippen LogP contribution in [0.4, 0.5) is 0 Å². The summed E-state index contributed by atoms with van der Waals surface area (Å²) in [7, 11) is 0. The minimum atomic E-state index is 0.751. The smallest absolute Gasteiger partial charge is 0.146 e. The predicted octanol–water partition coefficient (Wildman–Crippen LogP) is 2.38. The fraction of sp³-hybridized carbons (Fsp3) is 0.429. The largest absolute Gasteiger partial charge is 0.310 e. The number of rotatable bonds is 5. The Hall–Kier alpha value is -1.68. The highest BCUT2D eigenvalue weighted by atomic mass is 15.3. The Morgan fingerprint density at radius 3 is 2.89 bits per heavy atom. The van der Waals surface area contributed by atoms with Crippen molar-refractivity contribution in [2.45, 2.75) is 33.7 Å². The van der Waals surface area contributed by atoms with Crippen molar-refractivity contribution in [3.63, 3.8) is 0 Å². The van der Waals surface area contributed by atoms with Crippen LogP contribution in [0.2, 0.25) is 0 Å². The lowest BCUT2D eigenvalue weighted by atomic mass is 10.1. The highest BCUT2D eigenvalue weighted by molar-refractivity contribution is 5.42. The van der Waals surface area contributed by atoms with Crippen LogP contribution in [0.1, 0.15) is 30.3 Å². The summed E-state index contributed by atoms with van der Waals surface area (Å²) in [5, 5.41) is 7.69. The number of benzene rings is 1. The van der Waals surface area contributed by atoms with E-state index in [1.54, 1.807) is 6.33 Å². The highest BCUT2D eigenvalue weighted by Crippen LogP contribution is 2.16. The Morgan fingerprint density at radius 1 is 1.28 bits per heavy atom. The van der Waals surface area contributed by atoms with Crippen molar-refractivity contribution < 1.29 is 0 Å². The zero-order chi connectivity index (χ0) is 13.0. The summed E-state index contributed by atoms with van der Waals surface area (Å²) in [5.41, 5.74) is 3.56. The van der Waals surface area contributed by atoms with E-state index in [1.807, 2.05) is 4.68 Å². The van der Waals surface area contributed by atoms with Crippen LogP contribution < -0.4 is 5.32 Å². The highest BCUT2D eigenvalue weighted by Gasteiger charge is 2.08. The molecule has 1 aromatic carbocycles. The van der Waals surface area contributed by atoms with Gasteiger partial charge < -0.3 is 5.32 Å². The van der Waals surface area contributed by atoms with Gasteiger partial charge in [-0.1, -0.05) is 19.1 Å². The fourth-order valence-electron chi connectivity index (χ4n) is 1.91. The second-order valence-corrected chi connectivity index (χ2v) is 4.55. The lowest BCUT2D eigenvalue weighted by molar-refractivity contribution is 0.632. The number of hydrogen-bond donors (Lipinski definition) is 1. The van der Waals surface area contributed by atoms with Crippen LogP contribution in [0.3, 0.4) is 0 Å². The number of aryl methyl sites for hydroxylation is 2. The van der Waals surface area contributed by atoms with Crippen molar-refractivity contribution in [3.05, 3.63) is 41.5 Å². The van der Waals surface area contributed by atoms with Crippen LogP contribution in [-0.2, 0) is 6.54 Å². The monoisotopic (exact) mass is 244 g/mol. The molecule has 2 rings (SSSR count). The molecule has 4 nitrogen and oxygen atoms in total. The molecule has 1 aromatic heterocycles. The van der Waals surface area contributed by atoms with E-state index in [-0.39, 0.29) is 0 Å². The van der Waals surface area contributed by atoms with E-state index in [2.05, 4.69) is 54.4 Å². The van der Waals surface area contributed by atoms with Crippen molar-refractivity contribution in [1.29, 1.82) is 0 Å². The zero-order valence-electron chi connectivity index (χ0n) is 11.3. The zero-order valence-corrected chi connectivity index (χ0v) is 11.3. The summed E-state index contributed by atoms with van der Waals surface area (Å²) in [4.78, 5) is 4.32. The minimum absolute atomic E-state index is 0.751. The summed E-state index contributed by atoms with van der Waals surface area (Å²) in [6, 6.07) is 6.38. The summed E-state index contributed by atoms with van der Waals surface area (Å²) < 4.78 is 1.92. The maximum Gasteiger partial charge on any atom is 0.146 e. The van der Waals surface area contributed by atoms with Crippen LogP contribution in [-0.4, -0.2) is 21.3 Å². The summed E-state index contributed by atoms with van der Waals surface area (Å²) in [5.74, 6) is 0.956. The Kier molecular flexibility index (Phi) is 4.10. The minimum Gasteiger partial charge on any atom is -0.310 e. The first kappa shape index (κ1) is 12.8. The standard InChI is InChI=1S/C14H20N4/c1-4-7-15-9-14-16-10-17-18(14)13-8-11(2)5-6-12(13)3/h5-6,8,10,15H,4,7,9H2,1-3H3. The molecular weight excluding hydrogens is 224 g/mol. The first-order chi connectivity index (χ1) is 8.72. The Bertz CT molecular complexity index is 516. The molecule has 0 unspecified atom stereocenters. The van der Waals surface area contributed by atoms with Crippen molar-refractivity contribution in [2.75, 3.05) is 6.54 Å². The average molecular weight is 244 g/mol. The maximum absolute atomic E-state index is 4.33. The normalized spacial score (nSPS) is 10.8. The molecule has 0 saturated heterocycles. The van der Waals surface area contributed by atoms with Crippen molar-refractivity contribution in [1.82, 2.24) is 20.1 Å². The van der Waals surface area contributed by atoms with Gasteiger partial charge in [0.1, 0.15) is 12.2 Å². The van der Waals surface area contributed by atoms with E-state index < -0.39 is 0 Å². The number of nitrogens with zero attached hydrogens (tertiary/aromatic N) is 3. The number of hydrogen-bond acceptors (Lipinski definition) is 3. The lowest BCUT2D eigenvalue weighted by Gasteiger charge is -2.10. The third-order valence-corrected chi connectivity index (χ3v) is 2.92. The molecule has 0 fully saturated rings. The molecule has 0 atom stereocenters. The van der Waals surface area contributed by atoms with Crippen molar-refractivity contribution >= 4 is 0 Å². The maximum atomic E-state index is 4.33. The van der Waals surface area contributed by atoms with Crippen LogP contribution in [0.15, 0.2) is 24.5 Å². The molecule has 0 aliphatic rings. The summed E-state index contributed by atoms with van der Waals surface area (Å²) in [6.45, 7) is 8.10. The van der Waals surface area contributed by atoms with Gasteiger partial charge in [0.2, 0.25) is 0 Å². The molecule has 0 bridgehead atoms. The van der Waals surface area contributed by atoms with Gasteiger partial charge in [0.05, 0.1) is 12.2 Å². The second-order valence-electron chi connectivity index (χ2n) is 4.55. The number of aromatic nitrogens is 3. The molecule has 18 heavy (non-hydrogen) atoms. The van der Waals surface area contributed by atoms with E-state index in [1.165, 1.54) is 11.1 Å². The van der Waals surface area contributed by atoms with Crippen molar-refractivity contribution in [2.24, 2.45) is 0 Å². The van der Waals surface area contributed by atoms with E-state index >= 15 is 0 Å². The SMILES string of the molecule is CCCNCc1ncnn1-c1cc(C)ccc1C. The molecule has 0 amide bonds. The van der Waals surface area contributed by atoms with Gasteiger partial charge in [-0.25, -0.2) is 9.67 Å². The molecule has 0 aliphatic heterocycles. The van der Waals surface area contributed by atoms with E-state index in [4.69, 9.17) is 0 Å². The Morgan fingerprint density at radius 2 is 2.11 bits per heavy atom. The van der Waals surface area contributed by atoms with Gasteiger partial charge in [0.25, 0.3) is 0 Å². The molecule has 1 N–H and O–H groups in total. The third kappa shape index (κ3) is 2.76. The second kappa shape index (κ2) is 5.78. The first-order valence-electron chi connectivity index (χ1n) is 6.39. The molecule has 4 heteroatoms. The number of nitrogens with one attached hydrogen (secondary N) is 1. The van der Waals surface area contributed by atoms with Gasteiger partial charge in [-0.3, -0.25) is 0 Å². The molecule has 1 heterocycles. The van der Waals surface area contributed by atoms with Gasteiger partial charge in [-0.2, -0.15) is 5.10 Å². The van der Waals surface area contributed by atoms with E-state index in [0.29, 0.717) is 0 Å². The molecule has 0 aliphatic carbocycles.